The van der Waals surface area contributed by atoms with Gasteiger partial charge in [-0.3, -0.25) is 4.79 Å². The van der Waals surface area contributed by atoms with E-state index >= 15 is 0 Å². The first kappa shape index (κ1) is 13.8. The summed E-state index contributed by atoms with van der Waals surface area (Å²) in [6.45, 7) is 9.30. The standard InChI is InChI=1S/C14H27N3O/c1-4-12-10-16(3)6-5-7-17(12)14(18)13-9-15-8-11(13)2/h11-13,15H,4-10H2,1-3H3/t11-,12?,13-/m1/s1. The van der Waals surface area contributed by atoms with Crippen LogP contribution in [0.1, 0.15) is 26.7 Å². The van der Waals surface area contributed by atoms with Gasteiger partial charge in [-0.2, -0.15) is 0 Å². The summed E-state index contributed by atoms with van der Waals surface area (Å²) in [5.41, 5.74) is 0. The largest absolute Gasteiger partial charge is 0.338 e. The van der Waals surface area contributed by atoms with Crippen LogP contribution in [0.5, 0.6) is 0 Å². The van der Waals surface area contributed by atoms with Crippen LogP contribution in [0.2, 0.25) is 0 Å². The average Bonchev–Trinajstić information content (AvgIpc) is 2.68. The molecule has 0 aromatic rings. The number of nitrogens with one attached hydrogen (secondary N) is 1. The Bertz CT molecular complexity index is 295. The topological polar surface area (TPSA) is 35.6 Å². The summed E-state index contributed by atoms with van der Waals surface area (Å²) in [4.78, 5) is 17.2. The lowest BCUT2D eigenvalue weighted by atomic mass is 9.95. The van der Waals surface area contributed by atoms with Crippen molar-refractivity contribution in [2.45, 2.75) is 32.7 Å². The third kappa shape index (κ3) is 2.86. The maximum atomic E-state index is 12.7. The molecule has 0 radical (unpaired) electrons. The molecule has 2 heterocycles. The number of amides is 1. The molecular weight excluding hydrogens is 226 g/mol. The number of carbonyl (C=O) groups excluding carboxylic acids is 1. The number of hydrogen-bond donors (Lipinski definition) is 1. The lowest BCUT2D eigenvalue weighted by molar-refractivity contribution is -0.138. The van der Waals surface area contributed by atoms with Crippen LogP contribution < -0.4 is 5.32 Å². The van der Waals surface area contributed by atoms with Gasteiger partial charge in [0, 0.05) is 25.7 Å². The number of likely N-dealkylation sites (N-methyl/N-ethyl adjacent to an activating group) is 1. The molecule has 0 saturated carbocycles. The van der Waals surface area contributed by atoms with Gasteiger partial charge in [0.05, 0.1) is 5.92 Å². The Kier molecular flexibility index (Phi) is 4.62. The fourth-order valence-electron chi connectivity index (χ4n) is 3.24. The lowest BCUT2D eigenvalue weighted by Crippen LogP contribution is -2.47. The maximum absolute atomic E-state index is 12.7. The van der Waals surface area contributed by atoms with E-state index in [4.69, 9.17) is 0 Å². The van der Waals surface area contributed by atoms with Crippen LogP contribution >= 0.6 is 0 Å². The van der Waals surface area contributed by atoms with Gasteiger partial charge < -0.3 is 15.1 Å². The third-order valence-electron chi connectivity index (χ3n) is 4.49. The van der Waals surface area contributed by atoms with Gasteiger partial charge in [-0.25, -0.2) is 0 Å². The van der Waals surface area contributed by atoms with Crippen LogP contribution in [0.25, 0.3) is 0 Å². The lowest BCUT2D eigenvalue weighted by Gasteiger charge is -2.33. The summed E-state index contributed by atoms with van der Waals surface area (Å²) >= 11 is 0. The summed E-state index contributed by atoms with van der Waals surface area (Å²) in [5.74, 6) is 1.06. The second-order valence-electron chi connectivity index (χ2n) is 5.95. The highest BCUT2D eigenvalue weighted by Gasteiger charge is 2.35. The first-order valence-corrected chi connectivity index (χ1v) is 7.33. The molecule has 1 amide bonds. The predicted octanol–water partition coefficient (Wildman–Crippen LogP) is 0.785. The molecule has 0 aromatic carbocycles. The normalized spacial score (nSPS) is 34.6. The van der Waals surface area contributed by atoms with E-state index in [1.165, 1.54) is 0 Å². The van der Waals surface area contributed by atoms with Gasteiger partial charge >= 0.3 is 0 Å². The Hall–Kier alpha value is -0.610. The molecule has 4 nitrogen and oxygen atoms in total. The van der Waals surface area contributed by atoms with Gasteiger partial charge in [-0.15, -0.1) is 0 Å². The van der Waals surface area contributed by atoms with E-state index < -0.39 is 0 Å². The zero-order chi connectivity index (χ0) is 13.1. The zero-order valence-corrected chi connectivity index (χ0v) is 12.0. The van der Waals surface area contributed by atoms with Crippen LogP contribution in [0.3, 0.4) is 0 Å². The molecule has 1 N–H and O–H groups in total. The summed E-state index contributed by atoms with van der Waals surface area (Å²) in [5, 5.41) is 3.34. The molecule has 2 aliphatic rings. The van der Waals surface area contributed by atoms with Gasteiger partial charge in [0.25, 0.3) is 0 Å². The van der Waals surface area contributed by atoms with Crippen molar-refractivity contribution in [1.82, 2.24) is 15.1 Å². The molecule has 2 aliphatic heterocycles. The van der Waals surface area contributed by atoms with Gasteiger partial charge in [0.2, 0.25) is 5.91 Å². The summed E-state index contributed by atoms with van der Waals surface area (Å²) in [6.07, 6.45) is 2.16. The summed E-state index contributed by atoms with van der Waals surface area (Å²) in [7, 11) is 2.16. The van der Waals surface area contributed by atoms with Crippen molar-refractivity contribution in [1.29, 1.82) is 0 Å². The number of rotatable bonds is 2. The van der Waals surface area contributed by atoms with Crippen LogP contribution in [0.15, 0.2) is 0 Å². The minimum Gasteiger partial charge on any atom is -0.338 e. The molecule has 1 unspecified atom stereocenters. The van der Waals surface area contributed by atoms with Crippen LogP contribution in [0.4, 0.5) is 0 Å². The molecule has 0 aromatic heterocycles. The van der Waals surface area contributed by atoms with Gasteiger partial charge in [-0.05, 0) is 38.9 Å². The van der Waals surface area contributed by atoms with E-state index in [1.54, 1.807) is 0 Å². The molecule has 0 spiro atoms. The van der Waals surface area contributed by atoms with Crippen molar-refractivity contribution < 1.29 is 4.79 Å². The summed E-state index contributed by atoms with van der Waals surface area (Å²) < 4.78 is 0. The fraction of sp³-hybridized carbons (Fsp3) is 0.929. The molecule has 0 aliphatic carbocycles. The van der Waals surface area contributed by atoms with Crippen LogP contribution in [0, 0.1) is 11.8 Å². The van der Waals surface area contributed by atoms with Gasteiger partial charge in [0.15, 0.2) is 0 Å². The highest BCUT2D eigenvalue weighted by atomic mass is 16.2. The minimum atomic E-state index is 0.197. The molecule has 18 heavy (non-hydrogen) atoms. The first-order chi connectivity index (χ1) is 8.63. The molecule has 0 bridgehead atoms. The fourth-order valence-corrected chi connectivity index (χ4v) is 3.24. The minimum absolute atomic E-state index is 0.197. The highest BCUT2D eigenvalue weighted by Crippen LogP contribution is 2.22. The van der Waals surface area contributed by atoms with E-state index in [0.29, 0.717) is 17.9 Å². The molecule has 2 saturated heterocycles. The monoisotopic (exact) mass is 253 g/mol. The second-order valence-corrected chi connectivity index (χ2v) is 5.95. The molecule has 2 fully saturated rings. The van der Waals surface area contributed by atoms with Crippen molar-refractivity contribution in [3.63, 3.8) is 0 Å². The number of carbonyl (C=O) groups is 1. The smallest absolute Gasteiger partial charge is 0.227 e. The zero-order valence-electron chi connectivity index (χ0n) is 12.0. The van der Waals surface area contributed by atoms with E-state index in [-0.39, 0.29) is 5.92 Å². The number of nitrogens with zero attached hydrogens (tertiary/aromatic N) is 2. The van der Waals surface area contributed by atoms with Crippen molar-refractivity contribution in [2.24, 2.45) is 11.8 Å². The van der Waals surface area contributed by atoms with Crippen molar-refractivity contribution in [3.05, 3.63) is 0 Å². The van der Waals surface area contributed by atoms with E-state index in [2.05, 4.69) is 36.0 Å². The van der Waals surface area contributed by atoms with E-state index in [9.17, 15) is 4.79 Å². The van der Waals surface area contributed by atoms with Crippen molar-refractivity contribution >= 4 is 5.91 Å². The van der Waals surface area contributed by atoms with E-state index in [0.717, 1.165) is 45.6 Å². The Morgan fingerprint density at radius 3 is 2.72 bits per heavy atom. The summed E-state index contributed by atoms with van der Waals surface area (Å²) in [6, 6.07) is 0.401. The molecular formula is C14H27N3O. The van der Waals surface area contributed by atoms with Crippen molar-refractivity contribution in [2.75, 3.05) is 39.8 Å². The predicted molar refractivity (Wildman–Crippen MR) is 73.4 cm³/mol. The van der Waals surface area contributed by atoms with Gasteiger partial charge in [-0.1, -0.05) is 13.8 Å². The quantitative estimate of drug-likeness (QED) is 0.790. The Morgan fingerprint density at radius 1 is 1.33 bits per heavy atom. The molecule has 104 valence electrons. The van der Waals surface area contributed by atoms with Crippen LogP contribution in [-0.4, -0.2) is 61.5 Å². The Morgan fingerprint density at radius 2 is 2.11 bits per heavy atom. The Labute approximate surface area is 111 Å². The van der Waals surface area contributed by atoms with Gasteiger partial charge in [0.1, 0.15) is 0 Å². The van der Waals surface area contributed by atoms with Crippen LogP contribution in [-0.2, 0) is 4.79 Å². The Balaban J connectivity index is 2.06. The van der Waals surface area contributed by atoms with E-state index in [1.807, 2.05) is 0 Å². The maximum Gasteiger partial charge on any atom is 0.227 e. The number of hydrogen-bond acceptors (Lipinski definition) is 3. The second kappa shape index (κ2) is 6.02. The molecule has 4 heteroatoms. The highest BCUT2D eigenvalue weighted by molar-refractivity contribution is 5.80. The third-order valence-corrected chi connectivity index (χ3v) is 4.49. The average molecular weight is 253 g/mol. The molecule has 2 rings (SSSR count). The molecule has 3 atom stereocenters. The SMILES string of the molecule is CCC1CN(C)CCCN1C(=O)[C@@H]1CNC[C@H]1C. The first-order valence-electron chi connectivity index (χ1n) is 7.33. The van der Waals surface area contributed by atoms with Crippen molar-refractivity contribution in [3.8, 4) is 0 Å².